The highest BCUT2D eigenvalue weighted by molar-refractivity contribution is 5.94. The SMILES string of the molecule is NC(=O)c1cccc(-c2nccnc2C2CCCN(C(=O)Cc3cccnc3)C2)c1. The largest absolute Gasteiger partial charge is 0.366 e. The summed E-state index contributed by atoms with van der Waals surface area (Å²) >= 11 is 0. The number of benzene rings is 1. The van der Waals surface area contributed by atoms with Crippen molar-refractivity contribution in [2.45, 2.75) is 25.2 Å². The molecule has 1 aliphatic heterocycles. The fraction of sp³-hybridized carbons (Fsp3) is 0.261. The Hall–Kier alpha value is -3.61. The molecule has 2 aromatic heterocycles. The lowest BCUT2D eigenvalue weighted by Gasteiger charge is -2.33. The van der Waals surface area contributed by atoms with E-state index in [0.29, 0.717) is 18.5 Å². The molecule has 3 heterocycles. The van der Waals surface area contributed by atoms with Crippen molar-refractivity contribution >= 4 is 11.8 Å². The van der Waals surface area contributed by atoms with Crippen LogP contribution in [0.5, 0.6) is 0 Å². The molecule has 3 aromatic rings. The number of nitrogens with zero attached hydrogens (tertiary/aromatic N) is 4. The summed E-state index contributed by atoms with van der Waals surface area (Å²) < 4.78 is 0. The molecule has 0 saturated carbocycles. The minimum atomic E-state index is -0.480. The molecule has 1 unspecified atom stereocenters. The van der Waals surface area contributed by atoms with Crippen LogP contribution < -0.4 is 5.73 Å². The number of aromatic nitrogens is 3. The minimum absolute atomic E-state index is 0.0810. The second-order valence-corrected chi connectivity index (χ2v) is 7.45. The number of primary amides is 1. The molecule has 1 saturated heterocycles. The summed E-state index contributed by atoms with van der Waals surface area (Å²) in [7, 11) is 0. The molecule has 152 valence electrons. The quantitative estimate of drug-likeness (QED) is 0.708. The highest BCUT2D eigenvalue weighted by atomic mass is 16.2. The van der Waals surface area contributed by atoms with Gasteiger partial charge < -0.3 is 10.6 Å². The number of pyridine rings is 1. The van der Waals surface area contributed by atoms with Gasteiger partial charge >= 0.3 is 0 Å². The Morgan fingerprint density at radius 3 is 2.77 bits per heavy atom. The lowest BCUT2D eigenvalue weighted by atomic mass is 9.91. The van der Waals surface area contributed by atoms with Gasteiger partial charge in [0.2, 0.25) is 11.8 Å². The van der Waals surface area contributed by atoms with Gasteiger partial charge in [-0.2, -0.15) is 0 Å². The van der Waals surface area contributed by atoms with Crippen molar-refractivity contribution in [3.8, 4) is 11.3 Å². The van der Waals surface area contributed by atoms with Crippen LogP contribution >= 0.6 is 0 Å². The van der Waals surface area contributed by atoms with Crippen LogP contribution in [-0.2, 0) is 11.2 Å². The summed E-state index contributed by atoms with van der Waals surface area (Å²) in [5.74, 6) is -0.307. The molecule has 1 atom stereocenters. The predicted molar refractivity (Wildman–Crippen MR) is 112 cm³/mol. The average molecular weight is 401 g/mol. The van der Waals surface area contributed by atoms with E-state index in [1.807, 2.05) is 23.1 Å². The molecule has 1 aromatic carbocycles. The Balaban J connectivity index is 1.56. The Morgan fingerprint density at radius 2 is 1.97 bits per heavy atom. The Bertz CT molecular complexity index is 1050. The van der Waals surface area contributed by atoms with Gasteiger partial charge in [0.15, 0.2) is 0 Å². The third-order valence-electron chi connectivity index (χ3n) is 5.39. The molecule has 1 aliphatic rings. The lowest BCUT2D eigenvalue weighted by Crippen LogP contribution is -2.40. The number of nitrogens with two attached hydrogens (primary N) is 1. The van der Waals surface area contributed by atoms with Gasteiger partial charge in [-0.3, -0.25) is 24.5 Å². The van der Waals surface area contributed by atoms with Crippen LogP contribution in [0.2, 0.25) is 0 Å². The number of hydrogen-bond acceptors (Lipinski definition) is 5. The van der Waals surface area contributed by atoms with E-state index in [0.717, 1.165) is 41.9 Å². The van der Waals surface area contributed by atoms with Crippen LogP contribution in [0.4, 0.5) is 0 Å². The maximum Gasteiger partial charge on any atom is 0.248 e. The van der Waals surface area contributed by atoms with Crippen molar-refractivity contribution < 1.29 is 9.59 Å². The molecule has 0 aliphatic carbocycles. The molecule has 0 radical (unpaired) electrons. The molecule has 7 heteroatoms. The van der Waals surface area contributed by atoms with Crippen LogP contribution in [0.3, 0.4) is 0 Å². The summed E-state index contributed by atoms with van der Waals surface area (Å²) in [6.45, 7) is 1.34. The zero-order valence-electron chi connectivity index (χ0n) is 16.6. The van der Waals surface area contributed by atoms with Gasteiger partial charge in [-0.05, 0) is 36.6 Å². The van der Waals surface area contributed by atoms with Crippen molar-refractivity contribution in [1.82, 2.24) is 19.9 Å². The Kier molecular flexibility index (Phi) is 5.79. The average Bonchev–Trinajstić information content (AvgIpc) is 2.80. The van der Waals surface area contributed by atoms with Gasteiger partial charge in [-0.25, -0.2) is 0 Å². The molecular weight excluding hydrogens is 378 g/mol. The molecule has 2 amide bonds. The van der Waals surface area contributed by atoms with Crippen LogP contribution in [0, 0.1) is 0 Å². The van der Waals surface area contributed by atoms with Crippen LogP contribution in [0.1, 0.15) is 40.4 Å². The molecule has 1 fully saturated rings. The van der Waals surface area contributed by atoms with Crippen molar-refractivity contribution in [2.24, 2.45) is 5.73 Å². The maximum absolute atomic E-state index is 12.8. The standard InChI is InChI=1S/C23H23N5O2/c24-23(30)18-6-1-5-17(13-18)21-22(27-10-9-26-21)19-7-3-11-28(15-19)20(29)12-16-4-2-8-25-14-16/h1-2,4-6,8-10,13-14,19H,3,7,11-12,15H2,(H2,24,30). The van der Waals surface area contributed by atoms with Crippen molar-refractivity contribution in [1.29, 1.82) is 0 Å². The third-order valence-corrected chi connectivity index (χ3v) is 5.39. The molecule has 0 spiro atoms. The maximum atomic E-state index is 12.8. The van der Waals surface area contributed by atoms with E-state index >= 15 is 0 Å². The van der Waals surface area contributed by atoms with Crippen molar-refractivity contribution in [3.05, 3.63) is 78.0 Å². The van der Waals surface area contributed by atoms with Crippen LogP contribution in [0.15, 0.2) is 61.2 Å². The highest BCUT2D eigenvalue weighted by Gasteiger charge is 2.28. The predicted octanol–water partition coefficient (Wildman–Crippen LogP) is 2.59. The summed E-state index contributed by atoms with van der Waals surface area (Å²) in [5, 5.41) is 0. The van der Waals surface area contributed by atoms with Gasteiger partial charge in [-0.15, -0.1) is 0 Å². The third kappa shape index (κ3) is 4.35. The van der Waals surface area contributed by atoms with Gasteiger partial charge in [0.1, 0.15) is 0 Å². The van der Waals surface area contributed by atoms with E-state index in [-0.39, 0.29) is 11.8 Å². The van der Waals surface area contributed by atoms with Crippen LogP contribution in [-0.4, -0.2) is 44.8 Å². The number of hydrogen-bond donors (Lipinski definition) is 1. The summed E-state index contributed by atoms with van der Waals surface area (Å²) in [5.41, 5.74) is 9.15. The number of likely N-dealkylation sites (tertiary alicyclic amines) is 1. The van der Waals surface area contributed by atoms with E-state index in [1.54, 1.807) is 43.0 Å². The number of carbonyl (C=O) groups is 2. The van der Waals surface area contributed by atoms with Gasteiger partial charge in [0, 0.05) is 54.9 Å². The Labute approximate surface area is 175 Å². The van der Waals surface area contributed by atoms with E-state index < -0.39 is 5.91 Å². The van der Waals surface area contributed by atoms with Gasteiger partial charge in [0.25, 0.3) is 0 Å². The molecule has 7 nitrogen and oxygen atoms in total. The zero-order valence-corrected chi connectivity index (χ0v) is 16.6. The number of piperidine rings is 1. The van der Waals surface area contributed by atoms with Crippen molar-refractivity contribution in [3.63, 3.8) is 0 Å². The van der Waals surface area contributed by atoms with E-state index in [1.165, 1.54) is 0 Å². The second-order valence-electron chi connectivity index (χ2n) is 7.45. The number of carbonyl (C=O) groups excluding carboxylic acids is 2. The van der Waals surface area contributed by atoms with E-state index in [9.17, 15) is 9.59 Å². The summed E-state index contributed by atoms with van der Waals surface area (Å²) in [6.07, 6.45) is 8.92. The van der Waals surface area contributed by atoms with Gasteiger partial charge in [-0.1, -0.05) is 18.2 Å². The highest BCUT2D eigenvalue weighted by Crippen LogP contribution is 2.32. The summed E-state index contributed by atoms with van der Waals surface area (Å²) in [4.78, 5) is 39.5. The van der Waals surface area contributed by atoms with Crippen LogP contribution in [0.25, 0.3) is 11.3 Å². The van der Waals surface area contributed by atoms with Crippen molar-refractivity contribution in [2.75, 3.05) is 13.1 Å². The molecule has 2 N–H and O–H groups in total. The first-order valence-electron chi connectivity index (χ1n) is 9.99. The first-order valence-corrected chi connectivity index (χ1v) is 9.99. The zero-order chi connectivity index (χ0) is 20.9. The first kappa shape index (κ1) is 19.7. The fourth-order valence-corrected chi connectivity index (χ4v) is 3.91. The smallest absolute Gasteiger partial charge is 0.248 e. The molecule has 0 bridgehead atoms. The minimum Gasteiger partial charge on any atom is -0.366 e. The molecule has 30 heavy (non-hydrogen) atoms. The normalized spacial score (nSPS) is 16.3. The molecular formula is C23H23N5O2. The lowest BCUT2D eigenvalue weighted by molar-refractivity contribution is -0.131. The Morgan fingerprint density at radius 1 is 1.10 bits per heavy atom. The molecule has 4 rings (SSSR count). The summed E-state index contributed by atoms with van der Waals surface area (Å²) in [6, 6.07) is 10.9. The first-order chi connectivity index (χ1) is 14.6. The number of rotatable bonds is 5. The van der Waals surface area contributed by atoms with E-state index in [4.69, 9.17) is 5.73 Å². The topological polar surface area (TPSA) is 102 Å². The fourth-order valence-electron chi connectivity index (χ4n) is 3.91. The van der Waals surface area contributed by atoms with E-state index in [2.05, 4.69) is 15.0 Å². The second kappa shape index (κ2) is 8.82. The monoisotopic (exact) mass is 401 g/mol. The van der Waals surface area contributed by atoms with Gasteiger partial charge in [0.05, 0.1) is 17.8 Å². The number of amides is 2.